The summed E-state index contributed by atoms with van der Waals surface area (Å²) in [5.41, 5.74) is 1.81. The lowest BCUT2D eigenvalue weighted by Crippen LogP contribution is -2.36. The standard InChI is InChI=1S/C18H23FO4SSi/c1-22-25(3,23-2)13-12-15-4-6-16(7-5-15)14-24(20,21)18-10-8-17(19)9-11-18/h4-11H,12-14H2,1-3H3. The molecule has 0 aliphatic heterocycles. The predicted molar refractivity (Wildman–Crippen MR) is 97.9 cm³/mol. The Kier molecular flexibility index (Phi) is 6.51. The molecule has 0 saturated carbocycles. The molecule has 2 aromatic rings. The fraction of sp³-hybridized carbons (Fsp3) is 0.333. The minimum Gasteiger partial charge on any atom is -0.398 e. The van der Waals surface area contributed by atoms with Crippen LogP contribution in [0.4, 0.5) is 4.39 Å². The number of rotatable bonds is 8. The molecule has 0 aliphatic carbocycles. The summed E-state index contributed by atoms with van der Waals surface area (Å²) in [6, 6.07) is 13.2. The Hall–Kier alpha value is -1.54. The molecule has 0 aliphatic rings. The van der Waals surface area contributed by atoms with Gasteiger partial charge in [-0.25, -0.2) is 12.8 Å². The van der Waals surface area contributed by atoms with E-state index in [0.717, 1.165) is 30.2 Å². The van der Waals surface area contributed by atoms with Gasteiger partial charge in [-0.1, -0.05) is 24.3 Å². The minimum absolute atomic E-state index is 0.110. The van der Waals surface area contributed by atoms with Gasteiger partial charge in [0.15, 0.2) is 9.84 Å². The normalized spacial score (nSPS) is 12.3. The zero-order valence-electron chi connectivity index (χ0n) is 14.7. The molecule has 0 heterocycles. The molecule has 0 saturated heterocycles. The molecule has 2 aromatic carbocycles. The van der Waals surface area contributed by atoms with Crippen LogP contribution in [0.15, 0.2) is 53.4 Å². The fourth-order valence-electron chi connectivity index (χ4n) is 2.41. The number of hydrogen-bond acceptors (Lipinski definition) is 4. The number of benzene rings is 2. The first-order valence-electron chi connectivity index (χ1n) is 7.94. The van der Waals surface area contributed by atoms with Crippen molar-refractivity contribution in [2.45, 2.75) is 29.7 Å². The van der Waals surface area contributed by atoms with Crippen molar-refractivity contribution in [1.29, 1.82) is 0 Å². The Morgan fingerprint density at radius 2 is 1.44 bits per heavy atom. The van der Waals surface area contributed by atoms with Crippen LogP contribution in [-0.2, 0) is 30.9 Å². The Morgan fingerprint density at radius 1 is 0.920 bits per heavy atom. The topological polar surface area (TPSA) is 52.6 Å². The summed E-state index contributed by atoms with van der Waals surface area (Å²) < 4.78 is 48.6. The molecule has 0 fully saturated rings. The van der Waals surface area contributed by atoms with E-state index in [9.17, 15) is 12.8 Å². The molecular weight excluding hydrogens is 359 g/mol. The molecule has 0 aromatic heterocycles. The van der Waals surface area contributed by atoms with Crippen LogP contribution in [0, 0.1) is 5.82 Å². The highest BCUT2D eigenvalue weighted by atomic mass is 32.2. The molecule has 4 nitrogen and oxygen atoms in total. The van der Waals surface area contributed by atoms with Gasteiger partial charge in [0.1, 0.15) is 5.82 Å². The van der Waals surface area contributed by atoms with Gasteiger partial charge in [-0.15, -0.1) is 0 Å². The fourth-order valence-corrected chi connectivity index (χ4v) is 5.07. The molecule has 2 rings (SSSR count). The van der Waals surface area contributed by atoms with Crippen molar-refractivity contribution in [1.82, 2.24) is 0 Å². The van der Waals surface area contributed by atoms with Crippen LogP contribution in [0.5, 0.6) is 0 Å². The second kappa shape index (κ2) is 8.22. The quantitative estimate of drug-likeness (QED) is 0.516. The number of sulfone groups is 1. The lowest BCUT2D eigenvalue weighted by atomic mass is 10.1. The maximum atomic E-state index is 12.9. The molecule has 136 valence electrons. The maximum Gasteiger partial charge on any atom is 0.334 e. The highest BCUT2D eigenvalue weighted by molar-refractivity contribution is 7.90. The molecule has 0 spiro atoms. The van der Waals surface area contributed by atoms with E-state index in [2.05, 4.69) is 0 Å². The first-order valence-corrected chi connectivity index (χ1v) is 12.1. The molecule has 7 heteroatoms. The van der Waals surface area contributed by atoms with Crippen molar-refractivity contribution in [3.63, 3.8) is 0 Å². The third kappa shape index (κ3) is 5.47. The van der Waals surface area contributed by atoms with E-state index in [1.54, 1.807) is 14.2 Å². The summed E-state index contributed by atoms with van der Waals surface area (Å²) in [6.07, 6.45) is 0.815. The van der Waals surface area contributed by atoms with Crippen LogP contribution in [-0.4, -0.2) is 31.2 Å². The van der Waals surface area contributed by atoms with Crippen LogP contribution in [0.3, 0.4) is 0 Å². The zero-order valence-corrected chi connectivity index (χ0v) is 16.5. The first-order chi connectivity index (χ1) is 11.8. The number of halogens is 1. The smallest absolute Gasteiger partial charge is 0.334 e. The monoisotopic (exact) mass is 382 g/mol. The lowest BCUT2D eigenvalue weighted by molar-refractivity contribution is 0.249. The second-order valence-corrected chi connectivity index (χ2v) is 11.6. The molecule has 25 heavy (non-hydrogen) atoms. The van der Waals surface area contributed by atoms with Crippen LogP contribution >= 0.6 is 0 Å². The highest BCUT2D eigenvalue weighted by Crippen LogP contribution is 2.19. The van der Waals surface area contributed by atoms with Gasteiger partial charge < -0.3 is 8.85 Å². The lowest BCUT2D eigenvalue weighted by Gasteiger charge is -2.22. The van der Waals surface area contributed by atoms with Gasteiger partial charge in [0.25, 0.3) is 0 Å². The van der Waals surface area contributed by atoms with Gasteiger partial charge in [-0.2, -0.15) is 0 Å². The SMILES string of the molecule is CO[Si](C)(CCc1ccc(CS(=O)(=O)c2ccc(F)cc2)cc1)OC. The molecule has 0 radical (unpaired) electrons. The molecule has 0 bridgehead atoms. The summed E-state index contributed by atoms with van der Waals surface area (Å²) in [4.78, 5) is 0.125. The van der Waals surface area contributed by atoms with E-state index in [1.165, 1.54) is 12.1 Å². The van der Waals surface area contributed by atoms with E-state index in [-0.39, 0.29) is 10.6 Å². The summed E-state index contributed by atoms with van der Waals surface area (Å²) >= 11 is 0. The maximum absolute atomic E-state index is 12.9. The Bertz CT molecular complexity index is 785. The highest BCUT2D eigenvalue weighted by Gasteiger charge is 2.28. The number of hydrogen-bond donors (Lipinski definition) is 0. The summed E-state index contributed by atoms with van der Waals surface area (Å²) in [6.45, 7) is 2.01. The Morgan fingerprint density at radius 3 is 1.96 bits per heavy atom. The second-order valence-electron chi connectivity index (χ2n) is 6.07. The predicted octanol–water partition coefficient (Wildman–Crippen LogP) is 3.71. The van der Waals surface area contributed by atoms with Crippen LogP contribution in [0.2, 0.25) is 12.6 Å². The summed E-state index contributed by atoms with van der Waals surface area (Å²) in [7, 11) is -2.26. The van der Waals surface area contributed by atoms with Gasteiger partial charge in [0.05, 0.1) is 10.6 Å². The average Bonchev–Trinajstić information content (AvgIpc) is 2.61. The average molecular weight is 383 g/mol. The van der Waals surface area contributed by atoms with Crippen molar-refractivity contribution in [3.8, 4) is 0 Å². The first kappa shape index (κ1) is 19.8. The number of aryl methyl sites for hydroxylation is 1. The van der Waals surface area contributed by atoms with E-state index < -0.39 is 24.2 Å². The molecule has 0 unspecified atom stereocenters. The third-order valence-electron chi connectivity index (χ3n) is 4.28. The van der Waals surface area contributed by atoms with E-state index in [0.29, 0.717) is 5.56 Å². The summed E-state index contributed by atoms with van der Waals surface area (Å²) in [5.74, 6) is -0.562. The zero-order chi connectivity index (χ0) is 18.5. The Labute approximate surface area is 149 Å². The minimum atomic E-state index is -3.49. The van der Waals surface area contributed by atoms with E-state index in [1.807, 2.05) is 30.8 Å². The largest absolute Gasteiger partial charge is 0.398 e. The summed E-state index contributed by atoms with van der Waals surface area (Å²) in [5, 5.41) is 0. The molecule has 0 N–H and O–H groups in total. The van der Waals surface area contributed by atoms with Crippen LogP contribution in [0.1, 0.15) is 11.1 Å². The van der Waals surface area contributed by atoms with Crippen molar-refractivity contribution >= 4 is 18.4 Å². The third-order valence-corrected chi connectivity index (χ3v) is 8.87. The molecule has 0 amide bonds. The van der Waals surface area contributed by atoms with Crippen molar-refractivity contribution in [2.75, 3.05) is 14.2 Å². The molecule has 0 atom stereocenters. The van der Waals surface area contributed by atoms with Gasteiger partial charge in [-0.05, 0) is 54.4 Å². The van der Waals surface area contributed by atoms with Gasteiger partial charge in [0.2, 0.25) is 0 Å². The molecular formula is C18H23FO4SSi. The van der Waals surface area contributed by atoms with Crippen molar-refractivity contribution in [3.05, 3.63) is 65.5 Å². The van der Waals surface area contributed by atoms with Crippen LogP contribution < -0.4 is 0 Å². The van der Waals surface area contributed by atoms with Gasteiger partial charge in [0, 0.05) is 14.2 Å². The van der Waals surface area contributed by atoms with Crippen LogP contribution in [0.25, 0.3) is 0 Å². The van der Waals surface area contributed by atoms with E-state index in [4.69, 9.17) is 8.85 Å². The Balaban J connectivity index is 2.03. The van der Waals surface area contributed by atoms with Gasteiger partial charge >= 0.3 is 8.56 Å². The van der Waals surface area contributed by atoms with Crippen molar-refractivity contribution in [2.24, 2.45) is 0 Å². The van der Waals surface area contributed by atoms with Gasteiger partial charge in [-0.3, -0.25) is 0 Å². The van der Waals surface area contributed by atoms with E-state index >= 15 is 0 Å². The van der Waals surface area contributed by atoms with Crippen molar-refractivity contribution < 1.29 is 21.7 Å².